The molecule has 142 valence electrons. The number of nitrogens with two attached hydrogens (primary N) is 1. The lowest BCUT2D eigenvalue weighted by Gasteiger charge is -2.04. The molecular formula is C17H18N4O6. The maximum absolute atomic E-state index is 10.6. The molecule has 2 aromatic rings. The molecular weight excluding hydrogens is 356 g/mol. The van der Waals surface area contributed by atoms with Crippen LogP contribution in [0.4, 0.5) is 17.1 Å². The van der Waals surface area contributed by atoms with Gasteiger partial charge in [0.05, 0.1) is 35.7 Å². The predicted octanol–water partition coefficient (Wildman–Crippen LogP) is 3.28. The first kappa shape index (κ1) is 21.2. The van der Waals surface area contributed by atoms with Gasteiger partial charge in [0.25, 0.3) is 0 Å². The lowest BCUT2D eigenvalue weighted by atomic mass is 10.1. The lowest BCUT2D eigenvalue weighted by Crippen LogP contribution is -1.97. The highest BCUT2D eigenvalue weighted by atomic mass is 16.6. The second-order valence-corrected chi connectivity index (χ2v) is 5.35. The standard InChI is InChI=1S/C9H8N2O3.C8H10N2O3/c1-6-3-8(11(12)13)9(14-2)4-7(6)5-10;1-5-3-7(10(11)12)8(13-2)4-6(5)9/h3-4H,1-2H3;3-4H,9H2,1-2H3. The molecule has 0 bridgehead atoms. The first-order valence-electron chi connectivity index (χ1n) is 7.47. The summed E-state index contributed by atoms with van der Waals surface area (Å²) >= 11 is 0. The van der Waals surface area contributed by atoms with Crippen molar-refractivity contribution in [3.63, 3.8) is 0 Å². The zero-order valence-electron chi connectivity index (χ0n) is 15.2. The van der Waals surface area contributed by atoms with E-state index in [0.717, 1.165) is 0 Å². The van der Waals surface area contributed by atoms with Crippen LogP contribution in [0, 0.1) is 45.4 Å². The van der Waals surface area contributed by atoms with Crippen LogP contribution < -0.4 is 15.2 Å². The molecule has 0 aromatic heterocycles. The number of nitriles is 1. The Labute approximate surface area is 155 Å². The Morgan fingerprint density at radius 3 is 1.78 bits per heavy atom. The second kappa shape index (κ2) is 9.00. The number of nitro benzene ring substituents is 2. The van der Waals surface area contributed by atoms with Crippen molar-refractivity contribution in [3.8, 4) is 17.6 Å². The van der Waals surface area contributed by atoms with E-state index in [2.05, 4.69) is 0 Å². The summed E-state index contributed by atoms with van der Waals surface area (Å²) in [5.74, 6) is 0.297. The fourth-order valence-electron chi connectivity index (χ4n) is 2.09. The maximum Gasteiger partial charge on any atom is 0.311 e. The Bertz CT molecular complexity index is 921. The summed E-state index contributed by atoms with van der Waals surface area (Å²) in [6, 6.07) is 7.48. The van der Waals surface area contributed by atoms with E-state index in [1.54, 1.807) is 13.8 Å². The number of nitrogen functional groups attached to an aromatic ring is 1. The minimum absolute atomic E-state index is 0.0609. The molecule has 0 atom stereocenters. The normalized spacial score (nSPS) is 9.44. The fraction of sp³-hybridized carbons (Fsp3) is 0.235. The Morgan fingerprint density at radius 2 is 1.37 bits per heavy atom. The highest BCUT2D eigenvalue weighted by Crippen LogP contribution is 2.31. The number of aryl methyl sites for hydroxylation is 2. The quantitative estimate of drug-likeness (QED) is 0.485. The topological polar surface area (TPSA) is 155 Å². The summed E-state index contributed by atoms with van der Waals surface area (Å²) < 4.78 is 9.63. The number of anilines is 1. The molecule has 0 amide bonds. The molecule has 2 rings (SSSR count). The van der Waals surface area contributed by atoms with Crippen LogP contribution in [0.15, 0.2) is 24.3 Å². The average molecular weight is 374 g/mol. The first-order valence-corrected chi connectivity index (χ1v) is 7.47. The van der Waals surface area contributed by atoms with E-state index in [1.165, 1.54) is 38.5 Å². The summed E-state index contributed by atoms with van der Waals surface area (Å²) in [7, 11) is 2.70. The third kappa shape index (κ3) is 5.05. The lowest BCUT2D eigenvalue weighted by molar-refractivity contribution is -0.385. The fourth-order valence-corrected chi connectivity index (χ4v) is 2.09. The van der Waals surface area contributed by atoms with Gasteiger partial charge in [-0.1, -0.05) is 0 Å². The van der Waals surface area contributed by atoms with Crippen LogP contribution in [0.1, 0.15) is 16.7 Å². The molecule has 0 heterocycles. The van der Waals surface area contributed by atoms with Gasteiger partial charge in [-0.05, 0) is 25.0 Å². The number of nitro groups is 2. The third-order valence-electron chi connectivity index (χ3n) is 3.61. The Balaban J connectivity index is 0.000000271. The van der Waals surface area contributed by atoms with Crippen LogP contribution in [0.5, 0.6) is 11.5 Å². The van der Waals surface area contributed by atoms with Gasteiger partial charge in [-0.2, -0.15) is 5.26 Å². The zero-order chi connectivity index (χ0) is 20.7. The minimum atomic E-state index is -0.535. The van der Waals surface area contributed by atoms with Crippen molar-refractivity contribution in [2.75, 3.05) is 20.0 Å². The highest BCUT2D eigenvalue weighted by Gasteiger charge is 2.17. The number of rotatable bonds is 4. The molecule has 10 heteroatoms. The minimum Gasteiger partial charge on any atom is -0.490 e. The smallest absolute Gasteiger partial charge is 0.311 e. The molecule has 0 radical (unpaired) electrons. The largest absolute Gasteiger partial charge is 0.490 e. The van der Waals surface area contributed by atoms with Crippen LogP contribution in [0.3, 0.4) is 0 Å². The zero-order valence-corrected chi connectivity index (χ0v) is 15.2. The Morgan fingerprint density at radius 1 is 0.926 bits per heavy atom. The van der Waals surface area contributed by atoms with Gasteiger partial charge in [0.15, 0.2) is 11.5 Å². The number of methoxy groups -OCH3 is 2. The van der Waals surface area contributed by atoms with Crippen molar-refractivity contribution in [2.45, 2.75) is 13.8 Å². The number of ether oxygens (including phenoxy) is 2. The van der Waals surface area contributed by atoms with E-state index in [4.69, 9.17) is 20.5 Å². The van der Waals surface area contributed by atoms with Crippen LogP contribution in [-0.4, -0.2) is 24.1 Å². The van der Waals surface area contributed by atoms with Gasteiger partial charge in [0, 0.05) is 30.0 Å². The second-order valence-electron chi connectivity index (χ2n) is 5.35. The van der Waals surface area contributed by atoms with Gasteiger partial charge in [-0.25, -0.2) is 0 Å². The number of benzene rings is 2. The molecule has 0 saturated carbocycles. The molecule has 0 spiro atoms. The van der Waals surface area contributed by atoms with Crippen LogP contribution >= 0.6 is 0 Å². The van der Waals surface area contributed by atoms with Gasteiger partial charge in [0.2, 0.25) is 0 Å². The maximum atomic E-state index is 10.6. The summed E-state index contributed by atoms with van der Waals surface area (Å²) in [6.45, 7) is 3.35. The molecule has 10 nitrogen and oxygen atoms in total. The van der Waals surface area contributed by atoms with E-state index in [1.807, 2.05) is 6.07 Å². The summed E-state index contributed by atoms with van der Waals surface area (Å²) in [4.78, 5) is 20.1. The van der Waals surface area contributed by atoms with Gasteiger partial charge in [-0.3, -0.25) is 20.2 Å². The molecule has 2 N–H and O–H groups in total. The van der Waals surface area contributed by atoms with E-state index >= 15 is 0 Å². The van der Waals surface area contributed by atoms with Gasteiger partial charge in [-0.15, -0.1) is 0 Å². The number of hydrogen-bond donors (Lipinski definition) is 1. The molecule has 0 aliphatic carbocycles. The monoisotopic (exact) mass is 374 g/mol. The van der Waals surface area contributed by atoms with E-state index < -0.39 is 9.85 Å². The summed E-state index contributed by atoms with van der Waals surface area (Å²) in [5, 5.41) is 29.8. The average Bonchev–Trinajstić information content (AvgIpc) is 2.63. The van der Waals surface area contributed by atoms with Gasteiger partial charge in [0.1, 0.15) is 0 Å². The summed E-state index contributed by atoms with van der Waals surface area (Å²) in [6.07, 6.45) is 0. The van der Waals surface area contributed by atoms with Crippen molar-refractivity contribution in [1.82, 2.24) is 0 Å². The van der Waals surface area contributed by atoms with Crippen molar-refractivity contribution >= 4 is 17.1 Å². The Hall–Kier alpha value is -3.87. The van der Waals surface area contributed by atoms with Crippen molar-refractivity contribution in [3.05, 3.63) is 61.2 Å². The summed E-state index contributed by atoms with van der Waals surface area (Å²) in [5.41, 5.74) is 7.49. The number of hydrogen-bond acceptors (Lipinski definition) is 8. The Kier molecular flexibility index (Phi) is 7.06. The van der Waals surface area contributed by atoms with Crippen LogP contribution in [-0.2, 0) is 0 Å². The van der Waals surface area contributed by atoms with Gasteiger partial charge < -0.3 is 15.2 Å². The van der Waals surface area contributed by atoms with Crippen molar-refractivity contribution < 1.29 is 19.3 Å². The number of nitrogens with zero attached hydrogens (tertiary/aromatic N) is 3. The molecule has 27 heavy (non-hydrogen) atoms. The molecule has 0 saturated heterocycles. The molecule has 0 aliphatic rings. The van der Waals surface area contributed by atoms with E-state index in [0.29, 0.717) is 22.4 Å². The SMILES string of the molecule is COc1cc(C#N)c(C)cc1[N+](=O)[O-].COc1cc(N)c(C)cc1[N+](=O)[O-]. The van der Waals surface area contributed by atoms with Crippen molar-refractivity contribution in [1.29, 1.82) is 5.26 Å². The van der Waals surface area contributed by atoms with E-state index in [-0.39, 0.29) is 22.9 Å². The predicted molar refractivity (Wildman–Crippen MR) is 97.9 cm³/mol. The molecule has 0 aliphatic heterocycles. The van der Waals surface area contributed by atoms with Crippen LogP contribution in [0.2, 0.25) is 0 Å². The third-order valence-corrected chi connectivity index (χ3v) is 3.61. The highest BCUT2D eigenvalue weighted by molar-refractivity contribution is 5.60. The van der Waals surface area contributed by atoms with E-state index in [9.17, 15) is 20.2 Å². The van der Waals surface area contributed by atoms with Crippen molar-refractivity contribution in [2.24, 2.45) is 0 Å². The first-order chi connectivity index (χ1) is 12.7. The van der Waals surface area contributed by atoms with Crippen LogP contribution in [0.25, 0.3) is 0 Å². The van der Waals surface area contributed by atoms with Gasteiger partial charge >= 0.3 is 11.4 Å². The molecule has 2 aromatic carbocycles. The molecule has 0 unspecified atom stereocenters. The molecule has 0 fully saturated rings.